The number of carbonyl (C=O) groups is 1. The van der Waals surface area contributed by atoms with Crippen LogP contribution >= 0.6 is 0 Å². The van der Waals surface area contributed by atoms with Crippen LogP contribution in [-0.4, -0.2) is 23.3 Å². The fourth-order valence-electron chi connectivity index (χ4n) is 2.21. The van der Waals surface area contributed by atoms with Crippen LogP contribution < -0.4 is 0 Å². The van der Waals surface area contributed by atoms with Crippen molar-refractivity contribution in [1.29, 1.82) is 0 Å². The number of hydrogen-bond acceptors (Lipinski definition) is 2. The van der Waals surface area contributed by atoms with Gasteiger partial charge in [-0.05, 0) is 39.0 Å². The van der Waals surface area contributed by atoms with E-state index in [2.05, 4.69) is 25.0 Å². The summed E-state index contributed by atoms with van der Waals surface area (Å²) in [6, 6.07) is 0.0610. The molecular weight excluding hydrogens is 198 g/mol. The lowest BCUT2D eigenvalue weighted by molar-refractivity contribution is -0.122. The van der Waals surface area contributed by atoms with Gasteiger partial charge in [-0.1, -0.05) is 25.7 Å². The molecular formula is C14H23NO. The summed E-state index contributed by atoms with van der Waals surface area (Å²) in [5, 5.41) is 0. The third-order valence-corrected chi connectivity index (χ3v) is 3.40. The highest BCUT2D eigenvalue weighted by Crippen LogP contribution is 2.26. The Hall–Kier alpha value is -1.05. The summed E-state index contributed by atoms with van der Waals surface area (Å²) in [6.07, 6.45) is 5.09. The molecule has 0 radical (unpaired) electrons. The molecule has 0 aromatic carbocycles. The topological polar surface area (TPSA) is 20.3 Å². The van der Waals surface area contributed by atoms with Gasteiger partial charge >= 0.3 is 0 Å². The summed E-state index contributed by atoms with van der Waals surface area (Å²) >= 11 is 0. The molecule has 1 rings (SSSR count). The molecule has 2 nitrogen and oxygen atoms in total. The average Bonchev–Trinajstić information content (AvgIpc) is 2.26. The zero-order valence-corrected chi connectivity index (χ0v) is 10.6. The Balaban J connectivity index is 2.60. The van der Waals surface area contributed by atoms with Gasteiger partial charge in [0.25, 0.3) is 0 Å². The van der Waals surface area contributed by atoms with Crippen molar-refractivity contribution in [2.24, 2.45) is 0 Å². The van der Waals surface area contributed by atoms with Gasteiger partial charge < -0.3 is 4.90 Å². The fraction of sp³-hybridized carbons (Fsp3) is 0.643. The Morgan fingerprint density at radius 2 is 2.25 bits per heavy atom. The molecule has 0 spiro atoms. The van der Waals surface area contributed by atoms with Crippen molar-refractivity contribution < 1.29 is 4.79 Å². The first kappa shape index (κ1) is 13.0. The van der Waals surface area contributed by atoms with E-state index in [1.54, 1.807) is 6.92 Å². The SMILES string of the molecule is C=C(CC)CCN1C(=C)CCCC1C(C)=O. The maximum Gasteiger partial charge on any atom is 0.152 e. The minimum absolute atomic E-state index is 0.0610. The van der Waals surface area contributed by atoms with Crippen molar-refractivity contribution in [3.8, 4) is 0 Å². The average molecular weight is 221 g/mol. The van der Waals surface area contributed by atoms with E-state index in [4.69, 9.17) is 0 Å². The Kier molecular flexibility index (Phi) is 4.78. The fourth-order valence-corrected chi connectivity index (χ4v) is 2.21. The molecule has 1 saturated heterocycles. The van der Waals surface area contributed by atoms with Crippen LogP contribution in [0, 0.1) is 0 Å². The zero-order valence-electron chi connectivity index (χ0n) is 10.6. The zero-order chi connectivity index (χ0) is 12.1. The van der Waals surface area contributed by atoms with Gasteiger partial charge in [-0.15, -0.1) is 0 Å². The van der Waals surface area contributed by atoms with Crippen LogP contribution in [0.5, 0.6) is 0 Å². The first-order valence-corrected chi connectivity index (χ1v) is 6.17. The maximum absolute atomic E-state index is 11.6. The summed E-state index contributed by atoms with van der Waals surface area (Å²) in [5.74, 6) is 0.267. The molecule has 0 aromatic heterocycles. The van der Waals surface area contributed by atoms with E-state index >= 15 is 0 Å². The molecule has 0 bridgehead atoms. The highest BCUT2D eigenvalue weighted by Gasteiger charge is 2.27. The summed E-state index contributed by atoms with van der Waals surface area (Å²) in [6.45, 7) is 12.8. The highest BCUT2D eigenvalue weighted by atomic mass is 16.1. The Morgan fingerprint density at radius 3 is 2.81 bits per heavy atom. The summed E-state index contributed by atoms with van der Waals surface area (Å²) in [7, 11) is 0. The number of Topliss-reactive ketones (excluding diaryl/α,β-unsaturated/α-hetero) is 1. The van der Waals surface area contributed by atoms with Crippen molar-refractivity contribution >= 4 is 5.78 Å². The largest absolute Gasteiger partial charge is 0.365 e. The molecule has 1 aliphatic heterocycles. The second kappa shape index (κ2) is 5.88. The molecule has 0 N–H and O–H groups in total. The molecule has 0 aliphatic carbocycles. The number of rotatable bonds is 5. The predicted molar refractivity (Wildman–Crippen MR) is 68.2 cm³/mol. The smallest absolute Gasteiger partial charge is 0.152 e. The first-order chi connectivity index (χ1) is 7.56. The molecule has 1 heterocycles. The van der Waals surface area contributed by atoms with Gasteiger partial charge in [-0.2, -0.15) is 0 Å². The van der Waals surface area contributed by atoms with Crippen molar-refractivity contribution in [3.05, 3.63) is 24.4 Å². The van der Waals surface area contributed by atoms with Gasteiger partial charge in [0.05, 0.1) is 6.04 Å². The van der Waals surface area contributed by atoms with Gasteiger partial charge in [-0.3, -0.25) is 4.79 Å². The maximum atomic E-state index is 11.6. The van der Waals surface area contributed by atoms with Crippen LogP contribution in [0.4, 0.5) is 0 Å². The van der Waals surface area contributed by atoms with Crippen LogP contribution in [0.25, 0.3) is 0 Å². The van der Waals surface area contributed by atoms with Gasteiger partial charge in [0, 0.05) is 12.2 Å². The number of carbonyl (C=O) groups excluding carboxylic acids is 1. The van der Waals surface area contributed by atoms with Crippen molar-refractivity contribution in [3.63, 3.8) is 0 Å². The summed E-state index contributed by atoms with van der Waals surface area (Å²) < 4.78 is 0. The molecule has 0 saturated carbocycles. The molecule has 1 aliphatic rings. The van der Waals surface area contributed by atoms with E-state index < -0.39 is 0 Å². The van der Waals surface area contributed by atoms with Crippen LogP contribution in [0.15, 0.2) is 24.4 Å². The minimum Gasteiger partial charge on any atom is -0.365 e. The van der Waals surface area contributed by atoms with E-state index in [9.17, 15) is 4.79 Å². The molecule has 16 heavy (non-hydrogen) atoms. The lowest BCUT2D eigenvalue weighted by Crippen LogP contribution is -2.42. The Bertz CT molecular complexity index is 293. The van der Waals surface area contributed by atoms with Crippen LogP contribution in [0.3, 0.4) is 0 Å². The molecule has 1 unspecified atom stereocenters. The number of ketones is 1. The van der Waals surface area contributed by atoms with E-state index in [1.165, 1.54) is 5.57 Å². The van der Waals surface area contributed by atoms with E-state index in [0.717, 1.165) is 44.3 Å². The number of likely N-dealkylation sites (tertiary alicyclic amines) is 1. The van der Waals surface area contributed by atoms with E-state index in [1.807, 2.05) is 0 Å². The van der Waals surface area contributed by atoms with Crippen LogP contribution in [-0.2, 0) is 4.79 Å². The normalized spacial score (nSPS) is 21.0. The molecule has 0 aromatic rings. The van der Waals surface area contributed by atoms with Gasteiger partial charge in [0.1, 0.15) is 0 Å². The first-order valence-electron chi connectivity index (χ1n) is 6.17. The van der Waals surface area contributed by atoms with Gasteiger partial charge in [0.2, 0.25) is 0 Å². The highest BCUT2D eigenvalue weighted by molar-refractivity contribution is 5.81. The summed E-state index contributed by atoms with van der Waals surface area (Å²) in [5.41, 5.74) is 2.37. The third kappa shape index (κ3) is 3.22. The number of allylic oxidation sites excluding steroid dienone is 1. The Morgan fingerprint density at radius 1 is 1.56 bits per heavy atom. The molecule has 1 atom stereocenters. The predicted octanol–water partition coefficient (Wildman–Crippen LogP) is 3.30. The second-order valence-corrected chi connectivity index (χ2v) is 4.63. The quantitative estimate of drug-likeness (QED) is 0.664. The van der Waals surface area contributed by atoms with Crippen molar-refractivity contribution in [2.75, 3.05) is 6.54 Å². The number of nitrogens with zero attached hydrogens (tertiary/aromatic N) is 1. The summed E-state index contributed by atoms with van der Waals surface area (Å²) in [4.78, 5) is 13.8. The van der Waals surface area contributed by atoms with Crippen LogP contribution in [0.2, 0.25) is 0 Å². The standard InChI is InChI=1S/C14H23NO/c1-5-11(2)9-10-15-12(3)7-6-8-14(15)13(4)16/h14H,2-3,5-10H2,1,4H3. The third-order valence-electron chi connectivity index (χ3n) is 3.40. The molecule has 1 fully saturated rings. The van der Waals surface area contributed by atoms with Crippen LogP contribution in [0.1, 0.15) is 46.0 Å². The molecule has 0 amide bonds. The lowest BCUT2D eigenvalue weighted by Gasteiger charge is -2.37. The van der Waals surface area contributed by atoms with Gasteiger partial charge in [0.15, 0.2) is 5.78 Å². The second-order valence-electron chi connectivity index (χ2n) is 4.63. The monoisotopic (exact) mass is 221 g/mol. The van der Waals surface area contributed by atoms with E-state index in [-0.39, 0.29) is 11.8 Å². The minimum atomic E-state index is 0.0610. The van der Waals surface area contributed by atoms with Gasteiger partial charge in [-0.25, -0.2) is 0 Å². The molecule has 2 heteroatoms. The number of hydrogen-bond donors (Lipinski definition) is 0. The molecule has 90 valence electrons. The van der Waals surface area contributed by atoms with Crippen molar-refractivity contribution in [2.45, 2.75) is 52.0 Å². The number of piperidine rings is 1. The van der Waals surface area contributed by atoms with E-state index in [0.29, 0.717) is 0 Å². The Labute approximate surface area is 99.0 Å². The van der Waals surface area contributed by atoms with Crippen molar-refractivity contribution in [1.82, 2.24) is 4.90 Å². The lowest BCUT2D eigenvalue weighted by atomic mass is 9.96.